The van der Waals surface area contributed by atoms with Crippen molar-refractivity contribution in [3.8, 4) is 0 Å². The van der Waals surface area contributed by atoms with E-state index in [0.717, 1.165) is 53.3 Å². The molecular formula is C25H34N10S2+2. The van der Waals surface area contributed by atoms with Crippen LogP contribution in [0, 0.1) is 0 Å². The Kier molecular flexibility index (Phi) is 9.72. The van der Waals surface area contributed by atoms with Gasteiger partial charge in [-0.15, -0.1) is 0 Å². The average Bonchev–Trinajstić information content (AvgIpc) is 3.48. The number of nitrogens with one attached hydrogen (secondary N) is 5. The van der Waals surface area contributed by atoms with Gasteiger partial charge in [-0.1, -0.05) is 26.7 Å². The van der Waals surface area contributed by atoms with E-state index < -0.39 is 0 Å². The second-order valence-electron chi connectivity index (χ2n) is 8.31. The Morgan fingerprint density at radius 3 is 1.97 bits per heavy atom. The molecule has 0 saturated carbocycles. The molecule has 37 heavy (non-hydrogen) atoms. The zero-order chi connectivity index (χ0) is 25.9. The van der Waals surface area contributed by atoms with Gasteiger partial charge in [0.15, 0.2) is 0 Å². The average molecular weight is 539 g/mol. The number of aryl methyl sites for hydroxylation is 3. The molecule has 0 aliphatic carbocycles. The summed E-state index contributed by atoms with van der Waals surface area (Å²) in [4.78, 5) is 3.04. The van der Waals surface area contributed by atoms with E-state index in [2.05, 4.69) is 61.0 Å². The summed E-state index contributed by atoms with van der Waals surface area (Å²) in [7, 11) is 9.70. The number of rotatable bonds is 14. The summed E-state index contributed by atoms with van der Waals surface area (Å²) in [5, 5.41) is 15.4. The Morgan fingerprint density at radius 2 is 1.41 bits per heavy atom. The first kappa shape index (κ1) is 26.4. The number of hydrogen-bond donors (Lipinski definition) is 5. The van der Waals surface area contributed by atoms with Crippen LogP contribution in [0.4, 0.5) is 34.6 Å². The van der Waals surface area contributed by atoms with Crippen molar-refractivity contribution in [2.24, 2.45) is 31.4 Å². The normalized spacial score (nSPS) is 11.1. The Morgan fingerprint density at radius 1 is 0.784 bits per heavy atom. The highest BCUT2D eigenvalue weighted by atomic mass is 33.1. The van der Waals surface area contributed by atoms with Crippen molar-refractivity contribution in [3.63, 3.8) is 0 Å². The van der Waals surface area contributed by atoms with Crippen molar-refractivity contribution in [1.82, 2.24) is 9.55 Å². The molecular weight excluding hydrogens is 504 g/mol. The standard InChI is InChI=1S/C25H32N10S2/c1-33-15-12-28-24(33)31-29-22-8-4-20(5-9-22)26-13-18-36-37-19-14-27-21-6-10-23(11-7-21)30-32-25-34(2)16-17-35(25)3/h4-12,15-17H,13-14,18-19H2,1-3H3,(H3,26,27,28,29,30,31)/p+2. The molecule has 0 spiro atoms. The van der Waals surface area contributed by atoms with Crippen LogP contribution >= 0.6 is 21.6 Å². The van der Waals surface area contributed by atoms with Crippen LogP contribution in [-0.2, 0) is 21.1 Å². The zero-order valence-corrected chi connectivity index (χ0v) is 22.9. The fourth-order valence-corrected chi connectivity index (χ4v) is 5.22. The Balaban J connectivity index is 1.05. The van der Waals surface area contributed by atoms with Crippen LogP contribution in [0.5, 0.6) is 0 Å². The molecule has 0 fully saturated rings. The van der Waals surface area contributed by atoms with Gasteiger partial charge in [0.1, 0.15) is 5.69 Å². The van der Waals surface area contributed by atoms with Crippen LogP contribution in [0.2, 0.25) is 0 Å². The third kappa shape index (κ3) is 8.19. The zero-order valence-electron chi connectivity index (χ0n) is 21.3. The molecule has 2 aromatic carbocycles. The fraction of sp³-hybridized carbons (Fsp3) is 0.280. The number of imidazole rings is 2. The SMILES string of the molecule is Cn1cc[n+](C)c1NNc1ccc(NCCSSCCNc2ccc(N=Nc3[nH]cc[n+]3C)cc2)cc1. The first-order valence-corrected chi connectivity index (χ1v) is 14.5. The van der Waals surface area contributed by atoms with E-state index in [-0.39, 0.29) is 0 Å². The molecule has 0 amide bonds. The smallest absolute Gasteiger partial charge is 0.384 e. The van der Waals surface area contributed by atoms with Gasteiger partial charge in [0.25, 0.3) is 0 Å². The predicted octanol–water partition coefficient (Wildman–Crippen LogP) is 4.76. The Bertz CT molecular complexity index is 1250. The maximum absolute atomic E-state index is 4.26. The Labute approximate surface area is 225 Å². The lowest BCUT2D eigenvalue weighted by atomic mass is 10.3. The van der Waals surface area contributed by atoms with Crippen LogP contribution in [0.3, 0.4) is 0 Å². The first-order chi connectivity index (χ1) is 18.1. The van der Waals surface area contributed by atoms with Crippen LogP contribution in [-0.4, -0.2) is 34.1 Å². The monoisotopic (exact) mass is 538 g/mol. The molecule has 10 nitrogen and oxygen atoms in total. The summed E-state index contributed by atoms with van der Waals surface area (Å²) in [6.07, 6.45) is 7.74. The summed E-state index contributed by atoms with van der Waals surface area (Å²) in [5.74, 6) is 3.75. The molecule has 4 rings (SSSR count). The van der Waals surface area contributed by atoms with Crippen molar-refractivity contribution >= 4 is 56.2 Å². The minimum atomic E-state index is 0.712. The lowest BCUT2D eigenvalue weighted by Crippen LogP contribution is -2.32. The number of anilines is 4. The third-order valence-corrected chi connectivity index (χ3v) is 7.88. The molecule has 12 heteroatoms. The number of benzene rings is 2. The number of H-pyrrole nitrogens is 1. The first-order valence-electron chi connectivity index (χ1n) is 12.0. The molecule has 0 unspecified atom stereocenters. The molecule has 0 aliphatic heterocycles. The van der Waals surface area contributed by atoms with Gasteiger partial charge >= 0.3 is 11.9 Å². The summed E-state index contributed by atoms with van der Waals surface area (Å²) in [6, 6.07) is 16.3. The molecule has 4 aromatic rings. The van der Waals surface area contributed by atoms with Gasteiger partial charge in [0, 0.05) is 41.1 Å². The topological polar surface area (TPSA) is 101 Å². The van der Waals surface area contributed by atoms with Crippen LogP contribution in [0.1, 0.15) is 0 Å². The molecule has 2 aromatic heterocycles. The van der Waals surface area contributed by atoms with Gasteiger partial charge in [-0.25, -0.2) is 18.7 Å². The molecule has 2 heterocycles. The van der Waals surface area contributed by atoms with Crippen molar-refractivity contribution in [1.29, 1.82) is 0 Å². The van der Waals surface area contributed by atoms with Gasteiger partial charge < -0.3 is 10.6 Å². The van der Waals surface area contributed by atoms with E-state index in [1.54, 1.807) is 0 Å². The van der Waals surface area contributed by atoms with Crippen molar-refractivity contribution in [2.75, 3.05) is 46.1 Å². The third-order valence-electron chi connectivity index (χ3n) is 5.47. The van der Waals surface area contributed by atoms with Crippen molar-refractivity contribution < 1.29 is 9.13 Å². The summed E-state index contributed by atoms with van der Waals surface area (Å²) in [6.45, 7) is 1.83. The predicted molar refractivity (Wildman–Crippen MR) is 155 cm³/mol. The molecule has 0 aliphatic rings. The highest BCUT2D eigenvalue weighted by Crippen LogP contribution is 2.22. The second-order valence-corrected chi connectivity index (χ2v) is 11.0. The minimum absolute atomic E-state index is 0.712. The lowest BCUT2D eigenvalue weighted by Gasteiger charge is -2.09. The van der Waals surface area contributed by atoms with Gasteiger partial charge in [0.05, 0.1) is 51.6 Å². The van der Waals surface area contributed by atoms with Gasteiger partial charge in [0.2, 0.25) is 0 Å². The largest absolute Gasteiger partial charge is 0.418 e. The number of nitrogens with zero attached hydrogens (tertiary/aromatic N) is 5. The highest BCUT2D eigenvalue weighted by Gasteiger charge is 2.09. The second kappa shape index (κ2) is 13.6. The summed E-state index contributed by atoms with van der Waals surface area (Å²) in [5.41, 5.74) is 10.5. The van der Waals surface area contributed by atoms with E-state index >= 15 is 0 Å². The Hall–Kier alpha value is -3.64. The number of aromatic amines is 1. The number of azo groups is 1. The van der Waals surface area contributed by atoms with E-state index in [4.69, 9.17) is 0 Å². The van der Waals surface area contributed by atoms with Gasteiger partial charge in [-0.3, -0.25) is 5.43 Å². The molecule has 0 saturated heterocycles. The number of hydrazine groups is 1. The van der Waals surface area contributed by atoms with E-state index in [0.29, 0.717) is 5.95 Å². The number of aromatic nitrogens is 4. The number of hydrogen-bond acceptors (Lipinski definition) is 8. The molecule has 5 N–H and O–H groups in total. The maximum Gasteiger partial charge on any atom is 0.418 e. The van der Waals surface area contributed by atoms with E-state index in [1.807, 2.05) is 105 Å². The molecule has 0 radical (unpaired) electrons. The van der Waals surface area contributed by atoms with Crippen LogP contribution < -0.4 is 30.6 Å². The lowest BCUT2D eigenvalue weighted by molar-refractivity contribution is -0.657. The van der Waals surface area contributed by atoms with E-state index in [1.165, 1.54) is 0 Å². The summed E-state index contributed by atoms with van der Waals surface area (Å²) < 4.78 is 5.92. The molecule has 194 valence electrons. The van der Waals surface area contributed by atoms with Crippen LogP contribution in [0.15, 0.2) is 83.5 Å². The summed E-state index contributed by atoms with van der Waals surface area (Å²) >= 11 is 0. The van der Waals surface area contributed by atoms with E-state index in [9.17, 15) is 0 Å². The van der Waals surface area contributed by atoms with Crippen molar-refractivity contribution in [3.05, 3.63) is 73.3 Å². The molecule has 0 atom stereocenters. The van der Waals surface area contributed by atoms with Crippen molar-refractivity contribution in [2.45, 2.75) is 0 Å². The van der Waals surface area contributed by atoms with Crippen LogP contribution in [0.25, 0.3) is 0 Å². The van der Waals surface area contributed by atoms with Gasteiger partial charge in [-0.05, 0) is 48.5 Å². The highest BCUT2D eigenvalue weighted by molar-refractivity contribution is 8.76. The van der Waals surface area contributed by atoms with Gasteiger partial charge in [-0.2, -0.15) is 5.43 Å². The fourth-order valence-electron chi connectivity index (χ4n) is 3.40. The molecule has 0 bridgehead atoms. The minimum Gasteiger partial charge on any atom is -0.384 e. The maximum atomic E-state index is 4.26. The quantitative estimate of drug-likeness (QED) is 0.0522.